The Balaban J connectivity index is 2.68. The van der Waals surface area contributed by atoms with Gasteiger partial charge in [0.2, 0.25) is 0 Å². The van der Waals surface area contributed by atoms with Gasteiger partial charge in [0.25, 0.3) is 0 Å². The van der Waals surface area contributed by atoms with E-state index in [-0.39, 0.29) is 5.92 Å². The lowest BCUT2D eigenvalue weighted by Gasteiger charge is -2.18. The van der Waals surface area contributed by atoms with Crippen molar-refractivity contribution >= 4 is 24.2 Å². The molecule has 0 amide bonds. The fraction of sp³-hybridized carbons (Fsp3) is 0.455. The number of allylic oxidation sites excluding steroid dienone is 4. The van der Waals surface area contributed by atoms with Crippen LogP contribution in [0.2, 0.25) is 0 Å². The van der Waals surface area contributed by atoms with Crippen molar-refractivity contribution in [2.24, 2.45) is 11.7 Å². The molecule has 0 radical (unpaired) electrons. The van der Waals surface area contributed by atoms with Crippen molar-refractivity contribution in [3.8, 4) is 0 Å². The van der Waals surface area contributed by atoms with Crippen LogP contribution in [0.5, 0.6) is 0 Å². The van der Waals surface area contributed by atoms with Crippen molar-refractivity contribution in [2.75, 3.05) is 20.6 Å². The van der Waals surface area contributed by atoms with Crippen LogP contribution in [0.4, 0.5) is 0 Å². The van der Waals surface area contributed by atoms with Crippen LogP contribution in [0.1, 0.15) is 6.42 Å². The molecule has 0 saturated heterocycles. The number of likely N-dealkylation sites (N-methyl/N-ethyl adjacent to an activating group) is 1. The lowest BCUT2D eigenvalue weighted by molar-refractivity contribution is 0.450. The summed E-state index contributed by atoms with van der Waals surface area (Å²) in [6.45, 7) is 0.775. The van der Waals surface area contributed by atoms with E-state index in [0.717, 1.165) is 28.6 Å². The van der Waals surface area contributed by atoms with Gasteiger partial charge in [-0.25, -0.2) is 0 Å². The Morgan fingerprint density at radius 1 is 1.67 bits per heavy atom. The first-order valence-corrected chi connectivity index (χ1v) is 5.69. The second-order valence-corrected chi connectivity index (χ2v) is 4.91. The third kappa shape index (κ3) is 3.93. The number of hydrogen-bond donors (Lipinski definition) is 2. The molecule has 1 unspecified atom stereocenters. The number of hydrogen-bond acceptors (Lipinski definition) is 3. The fourth-order valence-electron chi connectivity index (χ4n) is 1.43. The Hall–Kier alpha value is -0.380. The average molecular weight is 245 g/mol. The number of nitrogens with two attached hydrogens (primary N) is 1. The first-order valence-electron chi connectivity index (χ1n) is 4.86. The van der Waals surface area contributed by atoms with Gasteiger partial charge in [0.05, 0.1) is 0 Å². The summed E-state index contributed by atoms with van der Waals surface area (Å²) in [6.07, 6.45) is 6.76. The van der Waals surface area contributed by atoms with Crippen LogP contribution in [0, 0.1) is 5.92 Å². The maximum Gasteiger partial charge on any atom is 0.0363 e. The fourth-order valence-corrected chi connectivity index (χ4v) is 2.04. The maximum absolute atomic E-state index is 6.04. The van der Waals surface area contributed by atoms with Crippen LogP contribution in [0.15, 0.2) is 33.9 Å². The van der Waals surface area contributed by atoms with Gasteiger partial charge in [0, 0.05) is 28.1 Å². The molecule has 0 heterocycles. The summed E-state index contributed by atoms with van der Waals surface area (Å²) in [6, 6.07) is 0. The molecule has 0 fully saturated rings. The van der Waals surface area contributed by atoms with E-state index < -0.39 is 0 Å². The standard InChI is InChI=1S/C11H17ClN2S/c1-14(2)7-10(15)11(13)8-3-5-9(12)6-4-8/h3,5-6,8,15H,4,7,13H2,1-2H3/b11-10-. The molecule has 15 heavy (non-hydrogen) atoms. The zero-order valence-electron chi connectivity index (χ0n) is 9.07. The maximum atomic E-state index is 6.04. The molecule has 1 aliphatic carbocycles. The van der Waals surface area contributed by atoms with E-state index in [1.165, 1.54) is 0 Å². The van der Waals surface area contributed by atoms with Gasteiger partial charge in [-0.3, -0.25) is 0 Å². The SMILES string of the molecule is CN(C)C/C(S)=C(/N)C1C=CC(Cl)=CC1. The number of halogens is 1. The molecule has 1 aliphatic rings. The molecule has 0 aliphatic heterocycles. The summed E-state index contributed by atoms with van der Waals surface area (Å²) in [7, 11) is 3.99. The lowest BCUT2D eigenvalue weighted by Crippen LogP contribution is -2.19. The van der Waals surface area contributed by atoms with Gasteiger partial charge in [0.1, 0.15) is 0 Å². The largest absolute Gasteiger partial charge is 0.401 e. The Morgan fingerprint density at radius 3 is 2.80 bits per heavy atom. The lowest BCUT2D eigenvalue weighted by atomic mass is 9.97. The second kappa shape index (κ2) is 5.64. The monoisotopic (exact) mass is 244 g/mol. The third-order valence-electron chi connectivity index (χ3n) is 2.25. The predicted octanol–water partition coefficient (Wildman–Crippen LogP) is 2.35. The molecule has 2 nitrogen and oxygen atoms in total. The van der Waals surface area contributed by atoms with E-state index in [4.69, 9.17) is 17.3 Å². The minimum Gasteiger partial charge on any atom is -0.401 e. The quantitative estimate of drug-likeness (QED) is 0.747. The van der Waals surface area contributed by atoms with Crippen LogP contribution in [0.3, 0.4) is 0 Å². The predicted molar refractivity (Wildman–Crippen MR) is 69.9 cm³/mol. The molecular weight excluding hydrogens is 228 g/mol. The van der Waals surface area contributed by atoms with Crippen LogP contribution >= 0.6 is 24.2 Å². The van der Waals surface area contributed by atoms with Crippen LogP contribution in [0.25, 0.3) is 0 Å². The highest BCUT2D eigenvalue weighted by Gasteiger charge is 2.13. The van der Waals surface area contributed by atoms with Gasteiger partial charge in [0.15, 0.2) is 0 Å². The minimum atomic E-state index is 0.236. The van der Waals surface area contributed by atoms with Gasteiger partial charge in [-0.1, -0.05) is 23.8 Å². The van der Waals surface area contributed by atoms with E-state index in [0.29, 0.717) is 0 Å². The van der Waals surface area contributed by atoms with E-state index in [1.807, 2.05) is 37.2 Å². The minimum absolute atomic E-state index is 0.236. The number of nitrogens with zero attached hydrogens (tertiary/aromatic N) is 1. The van der Waals surface area contributed by atoms with E-state index in [2.05, 4.69) is 12.6 Å². The molecule has 4 heteroatoms. The van der Waals surface area contributed by atoms with Gasteiger partial charge >= 0.3 is 0 Å². The first-order chi connectivity index (χ1) is 7.00. The molecule has 84 valence electrons. The zero-order chi connectivity index (χ0) is 11.4. The first kappa shape index (κ1) is 12.7. The van der Waals surface area contributed by atoms with Crippen molar-refractivity contribution < 1.29 is 0 Å². The Kier molecular flexibility index (Phi) is 4.77. The smallest absolute Gasteiger partial charge is 0.0363 e. The second-order valence-electron chi connectivity index (χ2n) is 3.93. The van der Waals surface area contributed by atoms with Gasteiger partial charge in [-0.2, -0.15) is 0 Å². The molecule has 0 bridgehead atoms. The summed E-state index contributed by atoms with van der Waals surface area (Å²) in [5, 5.41) is 0.785. The van der Waals surface area contributed by atoms with Crippen LogP contribution < -0.4 is 5.73 Å². The van der Waals surface area contributed by atoms with Gasteiger partial charge in [-0.05, 0) is 26.6 Å². The highest BCUT2D eigenvalue weighted by Crippen LogP contribution is 2.25. The summed E-state index contributed by atoms with van der Waals surface area (Å²) in [5.41, 5.74) is 6.88. The average Bonchev–Trinajstić information content (AvgIpc) is 2.17. The van der Waals surface area contributed by atoms with Crippen molar-refractivity contribution in [1.29, 1.82) is 0 Å². The zero-order valence-corrected chi connectivity index (χ0v) is 10.7. The molecular formula is C11H17ClN2S. The highest BCUT2D eigenvalue weighted by atomic mass is 35.5. The molecule has 0 spiro atoms. The molecule has 0 aromatic rings. The number of thiol groups is 1. The molecule has 0 saturated carbocycles. The molecule has 0 aromatic heterocycles. The molecule has 2 N–H and O–H groups in total. The summed E-state index contributed by atoms with van der Waals surface area (Å²) in [5.74, 6) is 0.236. The Bertz CT molecular complexity index is 319. The van der Waals surface area contributed by atoms with Crippen molar-refractivity contribution in [2.45, 2.75) is 6.42 Å². The van der Waals surface area contributed by atoms with E-state index >= 15 is 0 Å². The summed E-state index contributed by atoms with van der Waals surface area (Å²) >= 11 is 10.3. The highest BCUT2D eigenvalue weighted by molar-refractivity contribution is 7.84. The topological polar surface area (TPSA) is 29.3 Å². The van der Waals surface area contributed by atoms with Gasteiger partial charge in [-0.15, -0.1) is 12.6 Å². The number of rotatable bonds is 3. The molecule has 1 rings (SSSR count). The Morgan fingerprint density at radius 2 is 2.33 bits per heavy atom. The van der Waals surface area contributed by atoms with E-state index in [9.17, 15) is 0 Å². The van der Waals surface area contributed by atoms with E-state index in [1.54, 1.807) is 0 Å². The van der Waals surface area contributed by atoms with Crippen molar-refractivity contribution in [3.05, 3.63) is 33.9 Å². The molecule has 0 aromatic carbocycles. The summed E-state index contributed by atoms with van der Waals surface area (Å²) < 4.78 is 0. The normalized spacial score (nSPS) is 22.7. The molecule has 1 atom stereocenters. The Labute approximate surface area is 102 Å². The third-order valence-corrected chi connectivity index (χ3v) is 2.93. The van der Waals surface area contributed by atoms with Crippen molar-refractivity contribution in [3.63, 3.8) is 0 Å². The summed E-state index contributed by atoms with van der Waals surface area (Å²) in [4.78, 5) is 2.98. The van der Waals surface area contributed by atoms with Crippen molar-refractivity contribution in [1.82, 2.24) is 4.90 Å². The van der Waals surface area contributed by atoms with Gasteiger partial charge < -0.3 is 10.6 Å². The van der Waals surface area contributed by atoms with Crippen LogP contribution in [-0.4, -0.2) is 25.5 Å². The van der Waals surface area contributed by atoms with Crippen LogP contribution in [-0.2, 0) is 0 Å².